The van der Waals surface area contributed by atoms with Gasteiger partial charge in [0.1, 0.15) is 6.17 Å². The van der Waals surface area contributed by atoms with Crippen LogP contribution < -0.4 is 5.32 Å². The number of para-hydroxylation sites is 1. The lowest BCUT2D eigenvalue weighted by atomic mass is 9.99. The van der Waals surface area contributed by atoms with Gasteiger partial charge in [0, 0.05) is 22.2 Å². The van der Waals surface area contributed by atoms with Gasteiger partial charge in [-0.3, -0.25) is 4.99 Å². The number of aliphatic imine (C=N–C) groups is 1. The van der Waals surface area contributed by atoms with Gasteiger partial charge in [-0.25, -0.2) is 0 Å². The predicted molar refractivity (Wildman–Crippen MR) is 207 cm³/mol. The van der Waals surface area contributed by atoms with Crippen molar-refractivity contribution < 1.29 is 0 Å². The van der Waals surface area contributed by atoms with E-state index in [4.69, 9.17) is 4.99 Å². The van der Waals surface area contributed by atoms with E-state index >= 15 is 0 Å². The molecule has 0 saturated heterocycles. The maximum absolute atomic E-state index is 5.24. The second-order valence-electron chi connectivity index (χ2n) is 12.9. The molecule has 1 aromatic heterocycles. The van der Waals surface area contributed by atoms with Crippen LogP contribution >= 0.6 is 0 Å². The minimum absolute atomic E-state index is 0.226. The van der Waals surface area contributed by atoms with E-state index in [1.807, 2.05) is 0 Å². The number of fused-ring (bicyclic) bond motifs is 6. The van der Waals surface area contributed by atoms with Gasteiger partial charge in [0.15, 0.2) is 0 Å². The number of nitrogens with zero attached hydrogens (tertiary/aromatic N) is 2. The molecule has 0 spiro atoms. The number of hydrogen-bond acceptors (Lipinski definition) is 2. The molecule has 10 rings (SSSR count). The summed E-state index contributed by atoms with van der Waals surface area (Å²) in [4.78, 5) is 5.24. The van der Waals surface area contributed by atoms with Gasteiger partial charge in [-0.05, 0) is 97.5 Å². The Bertz CT molecular complexity index is 2800. The predicted octanol–water partition coefficient (Wildman–Crippen LogP) is 11.4. The molecule has 0 bridgehead atoms. The molecule has 1 unspecified atom stereocenters. The van der Waals surface area contributed by atoms with Gasteiger partial charge in [0.25, 0.3) is 0 Å². The van der Waals surface area contributed by atoms with Crippen LogP contribution in [0.5, 0.6) is 0 Å². The maximum atomic E-state index is 5.24. The lowest BCUT2D eigenvalue weighted by Gasteiger charge is -2.25. The van der Waals surface area contributed by atoms with Crippen LogP contribution in [0.2, 0.25) is 0 Å². The third kappa shape index (κ3) is 4.70. The van der Waals surface area contributed by atoms with Gasteiger partial charge >= 0.3 is 0 Å². The van der Waals surface area contributed by atoms with Crippen LogP contribution in [0.15, 0.2) is 181 Å². The van der Waals surface area contributed by atoms with Gasteiger partial charge in [0.05, 0.1) is 16.7 Å². The fourth-order valence-electron chi connectivity index (χ4n) is 7.48. The second kappa shape index (κ2) is 11.1. The summed E-state index contributed by atoms with van der Waals surface area (Å²) in [6, 6.07) is 61.2. The fraction of sp³-hybridized carbons (Fsp3) is 0.0217. The molecule has 0 saturated carbocycles. The van der Waals surface area contributed by atoms with E-state index < -0.39 is 0 Å². The molecule has 8 aromatic carbocycles. The number of aromatic nitrogens is 1. The molecule has 1 aliphatic heterocycles. The van der Waals surface area contributed by atoms with E-state index in [2.05, 4.69) is 186 Å². The van der Waals surface area contributed by atoms with Crippen molar-refractivity contribution in [3.63, 3.8) is 0 Å². The highest BCUT2D eigenvalue weighted by Gasteiger charge is 2.20. The second-order valence-corrected chi connectivity index (χ2v) is 12.9. The molecule has 1 N–H and O–H groups in total. The van der Waals surface area contributed by atoms with Crippen molar-refractivity contribution in [3.8, 4) is 5.69 Å². The normalized spacial score (nSPS) is 14.7. The van der Waals surface area contributed by atoms with E-state index in [1.54, 1.807) is 0 Å². The Labute approximate surface area is 284 Å². The van der Waals surface area contributed by atoms with Crippen molar-refractivity contribution in [3.05, 3.63) is 193 Å². The molecule has 3 nitrogen and oxygen atoms in total. The van der Waals surface area contributed by atoms with E-state index in [0.29, 0.717) is 0 Å². The first kappa shape index (κ1) is 27.6. The number of nitrogens with one attached hydrogen (secondary N) is 1. The summed E-state index contributed by atoms with van der Waals surface area (Å²) in [7, 11) is 0. The highest BCUT2D eigenvalue weighted by atomic mass is 15.1. The highest BCUT2D eigenvalue weighted by Crippen LogP contribution is 2.36. The van der Waals surface area contributed by atoms with Crippen LogP contribution in [0, 0.1) is 0 Å². The lowest BCUT2D eigenvalue weighted by molar-refractivity contribution is 0.665. The van der Waals surface area contributed by atoms with E-state index in [9.17, 15) is 0 Å². The summed E-state index contributed by atoms with van der Waals surface area (Å²) in [6.45, 7) is 0. The van der Waals surface area contributed by atoms with Crippen LogP contribution in [-0.4, -0.2) is 10.3 Å². The van der Waals surface area contributed by atoms with Gasteiger partial charge in [-0.2, -0.15) is 0 Å². The van der Waals surface area contributed by atoms with Crippen LogP contribution in [0.3, 0.4) is 0 Å². The Morgan fingerprint density at radius 1 is 0.449 bits per heavy atom. The van der Waals surface area contributed by atoms with Gasteiger partial charge < -0.3 is 9.88 Å². The molecule has 0 amide bonds. The highest BCUT2D eigenvalue weighted by molar-refractivity contribution is 6.14. The van der Waals surface area contributed by atoms with Crippen molar-refractivity contribution in [2.24, 2.45) is 4.99 Å². The number of hydrogen-bond donors (Lipinski definition) is 1. The maximum Gasteiger partial charge on any atom is 0.145 e. The zero-order valence-electron chi connectivity index (χ0n) is 26.7. The van der Waals surface area contributed by atoms with Gasteiger partial charge in [0.2, 0.25) is 0 Å². The number of benzene rings is 8. The largest absolute Gasteiger partial charge is 0.360 e. The Morgan fingerprint density at radius 2 is 1.10 bits per heavy atom. The minimum Gasteiger partial charge on any atom is -0.360 e. The van der Waals surface area contributed by atoms with Gasteiger partial charge in [-0.1, -0.05) is 127 Å². The smallest absolute Gasteiger partial charge is 0.145 e. The Balaban J connectivity index is 1.07. The summed E-state index contributed by atoms with van der Waals surface area (Å²) in [6.07, 6.45) is 1.95. The van der Waals surface area contributed by atoms with E-state index in [-0.39, 0.29) is 6.17 Å². The third-order valence-electron chi connectivity index (χ3n) is 9.93. The molecule has 0 fully saturated rings. The molecule has 0 aliphatic carbocycles. The molecule has 49 heavy (non-hydrogen) atoms. The number of allylic oxidation sites excluding steroid dienone is 1. The van der Waals surface area contributed by atoms with E-state index in [1.165, 1.54) is 54.1 Å². The Morgan fingerprint density at radius 3 is 1.96 bits per heavy atom. The summed E-state index contributed by atoms with van der Waals surface area (Å²) < 4.78 is 2.41. The molecule has 1 aliphatic rings. The van der Waals surface area contributed by atoms with Crippen LogP contribution in [0.4, 0.5) is 0 Å². The molecule has 9 aromatic rings. The molecular formula is C46H31N3. The lowest BCUT2D eigenvalue weighted by Crippen LogP contribution is -2.24. The first-order chi connectivity index (χ1) is 24.2. The summed E-state index contributed by atoms with van der Waals surface area (Å²) in [5.41, 5.74) is 9.02. The van der Waals surface area contributed by atoms with Gasteiger partial charge in [-0.15, -0.1) is 0 Å². The van der Waals surface area contributed by atoms with Crippen LogP contribution in [-0.2, 0) is 0 Å². The Hall–Kier alpha value is -6.45. The SMILES string of the molecule is C1=C(c2ccc3ccccc3c2)NC(c2ccc3cc(-n4c5ccccc5c5cc6ccccc6cc54)ccc3c2)N=C1c1ccccc1. The monoisotopic (exact) mass is 625 g/mol. The van der Waals surface area contributed by atoms with Crippen LogP contribution in [0.25, 0.3) is 65.5 Å². The molecule has 1 atom stereocenters. The summed E-state index contributed by atoms with van der Waals surface area (Å²) in [5.74, 6) is 0. The topological polar surface area (TPSA) is 29.3 Å². The Kier molecular flexibility index (Phi) is 6.25. The standard InChI is InChI=1S/C46H31N3/c1-2-11-31(12-3-1)42-29-43(37-20-18-30-10-4-5-13-32(30)24-37)48-46(47-42)38-21-19-36-26-39(23-22-35(36)25-38)49-44-17-9-8-16-40(44)41-27-33-14-6-7-15-34(33)28-45(41)49/h1-29,46,48H. The molecular weight excluding hydrogens is 595 g/mol. The van der Waals surface area contributed by atoms with Crippen molar-refractivity contribution in [2.75, 3.05) is 0 Å². The quantitative estimate of drug-likeness (QED) is 0.207. The first-order valence-corrected chi connectivity index (χ1v) is 16.8. The fourth-order valence-corrected chi connectivity index (χ4v) is 7.48. The molecule has 0 radical (unpaired) electrons. The average molecular weight is 626 g/mol. The van der Waals surface area contributed by atoms with Crippen molar-refractivity contribution in [2.45, 2.75) is 6.17 Å². The van der Waals surface area contributed by atoms with E-state index in [0.717, 1.165) is 33.8 Å². The third-order valence-corrected chi connectivity index (χ3v) is 9.93. The zero-order valence-corrected chi connectivity index (χ0v) is 26.7. The molecule has 2 heterocycles. The molecule has 230 valence electrons. The summed E-state index contributed by atoms with van der Waals surface area (Å²) in [5, 5.41) is 13.7. The van der Waals surface area contributed by atoms with Crippen molar-refractivity contribution in [1.29, 1.82) is 0 Å². The minimum atomic E-state index is -0.226. The molecule has 3 heteroatoms. The van der Waals surface area contributed by atoms with Crippen LogP contribution in [0.1, 0.15) is 22.9 Å². The summed E-state index contributed by atoms with van der Waals surface area (Å²) >= 11 is 0. The van der Waals surface area contributed by atoms with Crippen molar-refractivity contribution >= 4 is 65.5 Å². The average Bonchev–Trinajstić information content (AvgIpc) is 3.49. The number of rotatable bonds is 4. The van der Waals surface area contributed by atoms with Crippen molar-refractivity contribution in [1.82, 2.24) is 9.88 Å². The zero-order chi connectivity index (χ0) is 32.3. The first-order valence-electron chi connectivity index (χ1n) is 16.8.